The molecule has 0 unspecified atom stereocenters. The van der Waals surface area contributed by atoms with Gasteiger partial charge in [-0.3, -0.25) is 0 Å². The largest absolute Gasteiger partial charge is 4.00 e. The summed E-state index contributed by atoms with van der Waals surface area (Å²) in [5.74, 6) is 0. The van der Waals surface area contributed by atoms with Gasteiger partial charge in [0.25, 0.3) is 0 Å². The molecule has 0 radical (unpaired) electrons. The van der Waals surface area contributed by atoms with Crippen LogP contribution in [0.25, 0.3) is 16.0 Å². The van der Waals surface area contributed by atoms with Gasteiger partial charge in [0.15, 0.2) is 0 Å². The molecule has 0 aliphatic carbocycles. The van der Waals surface area contributed by atoms with Crippen molar-refractivity contribution >= 4 is 0 Å². The van der Waals surface area contributed by atoms with E-state index in [9.17, 15) is 0 Å². The van der Waals surface area contributed by atoms with Gasteiger partial charge in [0.1, 0.15) is 0 Å². The summed E-state index contributed by atoms with van der Waals surface area (Å²) >= 11 is 0. The van der Waals surface area contributed by atoms with Crippen LogP contribution >= 0.6 is 0 Å². The van der Waals surface area contributed by atoms with E-state index in [-0.39, 0.29) is 21.7 Å². The fraction of sp³-hybridized carbons (Fsp3) is 0.857. The van der Waals surface area contributed by atoms with Crippen molar-refractivity contribution in [2.75, 3.05) is 39.3 Å². The number of hydrogen-bond donors (Lipinski definition) is 0. The molecule has 0 saturated carbocycles. The van der Waals surface area contributed by atoms with Crippen LogP contribution in [0.4, 0.5) is 0 Å². The quantitative estimate of drug-likeness (QED) is 0.524. The van der Waals surface area contributed by atoms with Gasteiger partial charge < -0.3 is 26.1 Å². The van der Waals surface area contributed by atoms with E-state index < -0.39 is 0 Å². The van der Waals surface area contributed by atoms with Gasteiger partial charge in [0, 0.05) is 5.69 Å². The number of nitrogens with zero attached hydrogens (tertiary/aromatic N) is 5. The van der Waals surface area contributed by atoms with E-state index in [4.69, 9.17) is 0 Å². The monoisotopic (exact) mass is 409 g/mol. The van der Waals surface area contributed by atoms with Crippen LogP contribution in [0, 0.1) is 20.8 Å². The molecule has 0 spiro atoms. The van der Waals surface area contributed by atoms with Gasteiger partial charge in [-0.2, -0.15) is 0 Å². The molecular formula is C21H39N5Ti. The Morgan fingerprint density at radius 1 is 0.556 bits per heavy atom. The minimum Gasteiger partial charge on any atom is -0.662 e. The Hall–Kier alpha value is -0.196. The predicted octanol–water partition coefficient (Wildman–Crippen LogP) is 5.59. The van der Waals surface area contributed by atoms with Gasteiger partial charge >= 0.3 is 21.7 Å². The molecule has 1 aromatic heterocycles. The molecule has 6 heteroatoms. The molecule has 5 nitrogen and oxygen atoms in total. The minimum atomic E-state index is 0. The molecule has 0 aromatic carbocycles. The first-order valence-electron chi connectivity index (χ1n) is 10.5. The Kier molecular flexibility index (Phi) is 19.0. The smallest absolute Gasteiger partial charge is 0.662 e. The SMILES string of the molecule is C1CC[N-]CC1.C1CC[N-]CC1.C1CC[N-]CC1.Cc1n[n-]c(C)c1C.[Ti+4]. The molecule has 4 heterocycles. The van der Waals surface area contributed by atoms with Crippen molar-refractivity contribution < 1.29 is 21.7 Å². The van der Waals surface area contributed by atoms with Gasteiger partial charge in [-0.05, 0) is 19.4 Å². The summed E-state index contributed by atoms with van der Waals surface area (Å²) in [6.45, 7) is 12.7. The fourth-order valence-corrected chi connectivity index (χ4v) is 2.77. The second kappa shape index (κ2) is 19.1. The maximum atomic E-state index is 4.18. The normalized spacial score (nSPS) is 18.9. The van der Waals surface area contributed by atoms with E-state index in [1.165, 1.54) is 63.4 Å². The zero-order valence-corrected chi connectivity index (χ0v) is 19.4. The Labute approximate surface area is 182 Å². The average molecular weight is 409 g/mol. The van der Waals surface area contributed by atoms with Crippen LogP contribution in [0.15, 0.2) is 0 Å². The number of rotatable bonds is 0. The van der Waals surface area contributed by atoms with Gasteiger partial charge in [0.2, 0.25) is 0 Å². The van der Waals surface area contributed by atoms with Crippen LogP contribution in [0.5, 0.6) is 0 Å². The van der Waals surface area contributed by atoms with Crippen LogP contribution < -0.4 is 5.10 Å². The Bertz CT molecular complexity index is 342. The van der Waals surface area contributed by atoms with E-state index in [1.54, 1.807) is 0 Å². The van der Waals surface area contributed by atoms with Gasteiger partial charge in [0.05, 0.1) is 0 Å². The number of aryl methyl sites for hydroxylation is 2. The maximum absolute atomic E-state index is 4.18. The topological polar surface area (TPSA) is 69.3 Å². The number of aromatic nitrogens is 2. The van der Waals surface area contributed by atoms with Crippen molar-refractivity contribution in [1.29, 1.82) is 0 Å². The second-order valence-corrected chi connectivity index (χ2v) is 7.19. The molecule has 152 valence electrons. The summed E-state index contributed by atoms with van der Waals surface area (Å²) in [5.41, 5.74) is 3.30. The molecule has 0 atom stereocenters. The van der Waals surface area contributed by atoms with Crippen molar-refractivity contribution in [2.45, 2.75) is 78.6 Å². The molecule has 4 rings (SSSR count). The Morgan fingerprint density at radius 2 is 0.889 bits per heavy atom. The average Bonchev–Trinajstić information content (AvgIpc) is 3.04. The summed E-state index contributed by atoms with van der Waals surface area (Å²) < 4.78 is 0. The number of hydrogen-bond acceptors (Lipinski definition) is 1. The molecule has 3 aliphatic rings. The van der Waals surface area contributed by atoms with Crippen molar-refractivity contribution in [3.63, 3.8) is 0 Å². The third kappa shape index (κ3) is 15.4. The van der Waals surface area contributed by atoms with Crippen molar-refractivity contribution in [2.24, 2.45) is 0 Å². The molecule has 1 aromatic rings. The summed E-state index contributed by atoms with van der Waals surface area (Å²) in [7, 11) is 0. The van der Waals surface area contributed by atoms with Crippen molar-refractivity contribution in [3.8, 4) is 0 Å². The summed E-state index contributed by atoms with van der Waals surface area (Å²) in [6, 6.07) is 0. The fourth-order valence-electron chi connectivity index (χ4n) is 2.77. The molecule has 3 fully saturated rings. The third-order valence-electron chi connectivity index (χ3n) is 4.83. The molecule has 0 bridgehead atoms. The molecule has 3 saturated heterocycles. The zero-order chi connectivity index (χ0) is 18.9. The van der Waals surface area contributed by atoms with Crippen molar-refractivity contribution in [1.82, 2.24) is 10.2 Å². The molecule has 0 amide bonds. The van der Waals surface area contributed by atoms with Gasteiger partial charge in [-0.15, -0.1) is 45.0 Å². The van der Waals surface area contributed by atoms with Gasteiger partial charge in [-0.1, -0.05) is 64.7 Å². The first-order chi connectivity index (χ1) is 12.7. The van der Waals surface area contributed by atoms with E-state index in [0.717, 1.165) is 50.7 Å². The van der Waals surface area contributed by atoms with E-state index in [2.05, 4.69) is 26.1 Å². The van der Waals surface area contributed by atoms with E-state index >= 15 is 0 Å². The second-order valence-electron chi connectivity index (χ2n) is 7.19. The summed E-state index contributed by atoms with van der Waals surface area (Å²) in [6.07, 6.45) is 12.2. The van der Waals surface area contributed by atoms with E-state index in [1.807, 2.05) is 20.8 Å². The zero-order valence-electron chi connectivity index (χ0n) is 17.8. The van der Waals surface area contributed by atoms with Crippen LogP contribution in [-0.2, 0) is 21.7 Å². The first-order valence-corrected chi connectivity index (χ1v) is 10.5. The Balaban J connectivity index is 0.000000332. The standard InChI is InChI=1S/C6H9N2.3C5H10N.Ti/c1-4-5(2)7-8-6(4)3;3*1-2-4-6-5-3-1;/h1-3H3;3*1-5H2;/q4*-1;+4. The molecular weight excluding hydrogens is 370 g/mol. The minimum absolute atomic E-state index is 0. The van der Waals surface area contributed by atoms with Gasteiger partial charge in [-0.25, -0.2) is 0 Å². The van der Waals surface area contributed by atoms with Crippen molar-refractivity contribution in [3.05, 3.63) is 32.9 Å². The summed E-state index contributed by atoms with van der Waals surface area (Å²) in [5, 5.41) is 20.3. The molecule has 27 heavy (non-hydrogen) atoms. The van der Waals surface area contributed by atoms with Crippen LogP contribution in [-0.4, -0.2) is 44.4 Å². The van der Waals surface area contributed by atoms with Crippen LogP contribution in [0.1, 0.15) is 74.7 Å². The molecule has 3 aliphatic heterocycles. The maximum Gasteiger partial charge on any atom is 4.00 e. The molecule has 0 N–H and O–H groups in total. The Morgan fingerprint density at radius 3 is 0.963 bits per heavy atom. The van der Waals surface area contributed by atoms with Crippen LogP contribution in [0.3, 0.4) is 0 Å². The predicted molar refractivity (Wildman–Crippen MR) is 113 cm³/mol. The third-order valence-corrected chi connectivity index (χ3v) is 4.83. The first kappa shape index (κ1) is 26.8. The van der Waals surface area contributed by atoms with E-state index in [0.29, 0.717) is 0 Å². The summed E-state index contributed by atoms with van der Waals surface area (Å²) in [4.78, 5) is 0. The van der Waals surface area contributed by atoms with Crippen LogP contribution in [0.2, 0.25) is 0 Å². The number of piperidine rings is 3.